The highest BCUT2D eigenvalue weighted by Crippen LogP contribution is 2.52. The molecule has 214 valence electrons. The second-order valence-electron chi connectivity index (χ2n) is 11.6. The molecule has 0 spiro atoms. The smallest absolute Gasteiger partial charge is 0.175 e. The molecule has 0 radical (unpaired) electrons. The second-order valence-corrected chi connectivity index (χ2v) is 14.3. The van der Waals surface area contributed by atoms with E-state index in [1.165, 1.54) is 5.56 Å². The zero-order valence-electron chi connectivity index (χ0n) is 24.7. The Labute approximate surface area is 261 Å². The largest absolute Gasteiger partial charge is 0.308 e. The van der Waals surface area contributed by atoms with Gasteiger partial charge in [-0.05, 0) is 56.9 Å². The molecular weight excluding hydrogens is 569 g/mol. The van der Waals surface area contributed by atoms with E-state index in [0.717, 1.165) is 83.1 Å². The maximum absolute atomic E-state index is 15.9. The van der Waals surface area contributed by atoms with Crippen molar-refractivity contribution < 1.29 is 4.57 Å². The highest BCUT2D eigenvalue weighted by atomic mass is 31.2. The van der Waals surface area contributed by atoms with Crippen molar-refractivity contribution in [3.63, 3.8) is 0 Å². The van der Waals surface area contributed by atoms with Crippen molar-refractivity contribution in [2.45, 2.75) is 13.3 Å². The van der Waals surface area contributed by atoms with Crippen molar-refractivity contribution in [1.29, 1.82) is 0 Å². The van der Waals surface area contributed by atoms with E-state index in [9.17, 15) is 0 Å². The van der Waals surface area contributed by atoms with Gasteiger partial charge < -0.3 is 4.57 Å². The SMILES string of the molecule is CCc1nc2cccc3c2n1-c1c(-c2c4ccccc4c(-c4cccnc4)c4ccccc24)cccc1P3(=O)c1ccccc1. The van der Waals surface area contributed by atoms with E-state index >= 15 is 4.57 Å². The standard InChI is InChI=1S/C40H28N3OP/c1-2-36-42-33-21-11-23-35-40(33)43(36)39-32(20-10-22-34(39)45(35,44)27-14-4-3-5-15-27)38-30-18-8-6-16-28(30)37(26-13-12-24-41-25-26)29-17-7-9-19-31(29)38/h3-25H,2H2,1H3. The molecule has 1 aliphatic rings. The normalized spacial score (nSPS) is 15.5. The number of para-hydroxylation sites is 2. The topological polar surface area (TPSA) is 47.8 Å². The molecule has 2 aromatic heterocycles. The maximum Gasteiger partial charge on any atom is 0.175 e. The van der Waals surface area contributed by atoms with Crippen molar-refractivity contribution in [3.8, 4) is 27.9 Å². The fourth-order valence-electron chi connectivity index (χ4n) is 7.40. The van der Waals surface area contributed by atoms with E-state index in [1.54, 1.807) is 0 Å². The van der Waals surface area contributed by atoms with Crippen LogP contribution in [0.3, 0.4) is 0 Å². The zero-order valence-corrected chi connectivity index (χ0v) is 25.6. The Kier molecular flexibility index (Phi) is 5.72. The summed E-state index contributed by atoms with van der Waals surface area (Å²) in [5, 5.41) is 7.14. The molecule has 45 heavy (non-hydrogen) atoms. The van der Waals surface area contributed by atoms with Crippen LogP contribution >= 0.6 is 7.14 Å². The molecule has 1 atom stereocenters. The monoisotopic (exact) mass is 597 g/mol. The number of hydrogen-bond donors (Lipinski definition) is 0. The van der Waals surface area contributed by atoms with Gasteiger partial charge in [0.05, 0.1) is 16.7 Å². The van der Waals surface area contributed by atoms with Gasteiger partial charge in [0.15, 0.2) is 7.14 Å². The van der Waals surface area contributed by atoms with E-state index in [-0.39, 0.29) is 0 Å². The van der Waals surface area contributed by atoms with Crippen LogP contribution in [0, 0.1) is 0 Å². The molecule has 6 aromatic carbocycles. The summed E-state index contributed by atoms with van der Waals surface area (Å²) >= 11 is 0. The lowest BCUT2D eigenvalue weighted by molar-refractivity contribution is 0.592. The molecule has 9 rings (SSSR count). The van der Waals surface area contributed by atoms with Gasteiger partial charge >= 0.3 is 0 Å². The number of hydrogen-bond acceptors (Lipinski definition) is 3. The molecule has 8 aromatic rings. The Morgan fingerprint density at radius 3 is 1.96 bits per heavy atom. The van der Waals surface area contributed by atoms with Crippen LogP contribution in [-0.4, -0.2) is 14.5 Å². The highest BCUT2D eigenvalue weighted by Gasteiger charge is 2.41. The number of pyridine rings is 1. The quantitative estimate of drug-likeness (QED) is 0.151. The summed E-state index contributed by atoms with van der Waals surface area (Å²) in [6, 6.07) is 43.8. The first kappa shape index (κ1) is 26.1. The second kappa shape index (κ2) is 9.85. The predicted molar refractivity (Wildman–Crippen MR) is 187 cm³/mol. The Bertz CT molecular complexity index is 2440. The van der Waals surface area contributed by atoms with Gasteiger partial charge in [-0.15, -0.1) is 0 Å². The third-order valence-corrected chi connectivity index (χ3v) is 12.3. The van der Waals surface area contributed by atoms with Crippen molar-refractivity contribution in [3.05, 3.63) is 146 Å². The molecular formula is C40H28N3OP. The van der Waals surface area contributed by atoms with E-state index < -0.39 is 7.14 Å². The lowest BCUT2D eigenvalue weighted by Crippen LogP contribution is -2.33. The zero-order chi connectivity index (χ0) is 30.1. The van der Waals surface area contributed by atoms with Crippen LogP contribution in [0.5, 0.6) is 0 Å². The minimum absolute atomic E-state index is 0.749. The van der Waals surface area contributed by atoms with Crippen LogP contribution in [0.25, 0.3) is 60.5 Å². The molecule has 0 fully saturated rings. The third-order valence-electron chi connectivity index (χ3n) is 9.23. The van der Waals surface area contributed by atoms with Crippen molar-refractivity contribution in [2.75, 3.05) is 0 Å². The predicted octanol–water partition coefficient (Wildman–Crippen LogP) is 8.58. The first-order valence-electron chi connectivity index (χ1n) is 15.3. The third kappa shape index (κ3) is 3.58. The number of imidazole rings is 1. The summed E-state index contributed by atoms with van der Waals surface area (Å²) in [5.41, 5.74) is 7.23. The van der Waals surface area contributed by atoms with Crippen LogP contribution in [0.15, 0.2) is 140 Å². The van der Waals surface area contributed by atoms with Gasteiger partial charge in [-0.2, -0.15) is 0 Å². The van der Waals surface area contributed by atoms with Gasteiger partial charge in [-0.1, -0.05) is 110 Å². The molecule has 0 saturated heterocycles. The van der Waals surface area contributed by atoms with Gasteiger partial charge in [-0.25, -0.2) is 4.98 Å². The fourth-order valence-corrected chi connectivity index (χ4v) is 10.4. The molecule has 3 heterocycles. The van der Waals surface area contributed by atoms with Crippen LogP contribution in [0.2, 0.25) is 0 Å². The summed E-state index contributed by atoms with van der Waals surface area (Å²) < 4.78 is 18.2. The molecule has 0 amide bonds. The van der Waals surface area contributed by atoms with Gasteiger partial charge in [0.2, 0.25) is 0 Å². The van der Waals surface area contributed by atoms with E-state index in [2.05, 4.69) is 89.3 Å². The average Bonchev–Trinajstić information content (AvgIpc) is 3.49. The molecule has 0 saturated carbocycles. The Morgan fingerprint density at radius 2 is 1.29 bits per heavy atom. The Balaban J connectivity index is 1.49. The molecule has 1 aliphatic heterocycles. The highest BCUT2D eigenvalue weighted by molar-refractivity contribution is 7.86. The lowest BCUT2D eigenvalue weighted by atomic mass is 9.86. The lowest BCUT2D eigenvalue weighted by Gasteiger charge is -2.31. The summed E-state index contributed by atoms with van der Waals surface area (Å²) in [5.74, 6) is 0.964. The Morgan fingerprint density at radius 1 is 0.644 bits per heavy atom. The van der Waals surface area contributed by atoms with E-state index in [0.29, 0.717) is 0 Å². The van der Waals surface area contributed by atoms with E-state index in [1.807, 2.05) is 67.0 Å². The van der Waals surface area contributed by atoms with Crippen molar-refractivity contribution in [2.24, 2.45) is 0 Å². The molecule has 5 heteroatoms. The summed E-state index contributed by atoms with van der Waals surface area (Å²) in [6.07, 6.45) is 4.51. The van der Waals surface area contributed by atoms with Crippen LogP contribution < -0.4 is 15.9 Å². The molecule has 0 N–H and O–H groups in total. The fraction of sp³-hybridized carbons (Fsp3) is 0.0500. The van der Waals surface area contributed by atoms with Crippen LogP contribution in [0.4, 0.5) is 0 Å². The number of rotatable bonds is 4. The molecule has 4 nitrogen and oxygen atoms in total. The molecule has 0 aliphatic carbocycles. The number of aryl methyl sites for hydroxylation is 1. The first-order valence-corrected chi connectivity index (χ1v) is 17.1. The van der Waals surface area contributed by atoms with Gasteiger partial charge in [0.25, 0.3) is 0 Å². The maximum atomic E-state index is 15.9. The molecule has 0 bridgehead atoms. The Hall–Kier alpha value is -5.31. The average molecular weight is 598 g/mol. The number of benzene rings is 6. The number of aromatic nitrogens is 3. The van der Waals surface area contributed by atoms with Crippen LogP contribution in [0.1, 0.15) is 12.7 Å². The first-order chi connectivity index (χ1) is 22.2. The van der Waals surface area contributed by atoms with Crippen molar-refractivity contribution in [1.82, 2.24) is 14.5 Å². The summed E-state index contributed by atoms with van der Waals surface area (Å²) in [6.45, 7) is 2.14. The number of fused-ring (bicyclic) bond motifs is 4. The van der Waals surface area contributed by atoms with Gasteiger partial charge in [-0.3, -0.25) is 9.55 Å². The minimum Gasteiger partial charge on any atom is -0.308 e. The number of nitrogens with zero attached hydrogens (tertiary/aromatic N) is 3. The molecule has 1 unspecified atom stereocenters. The summed E-state index contributed by atoms with van der Waals surface area (Å²) in [4.78, 5) is 9.58. The van der Waals surface area contributed by atoms with Gasteiger partial charge in [0, 0.05) is 45.9 Å². The van der Waals surface area contributed by atoms with E-state index in [4.69, 9.17) is 4.98 Å². The summed E-state index contributed by atoms with van der Waals surface area (Å²) in [7, 11) is -3.26. The van der Waals surface area contributed by atoms with Gasteiger partial charge in [0.1, 0.15) is 5.82 Å². The van der Waals surface area contributed by atoms with Crippen LogP contribution in [-0.2, 0) is 11.0 Å². The van der Waals surface area contributed by atoms with Crippen molar-refractivity contribution >= 4 is 55.6 Å². The minimum atomic E-state index is -3.26.